The van der Waals surface area contributed by atoms with Crippen molar-refractivity contribution in [2.24, 2.45) is 5.73 Å². The Morgan fingerprint density at radius 1 is 1.31 bits per heavy atom. The summed E-state index contributed by atoms with van der Waals surface area (Å²) in [7, 11) is 0. The van der Waals surface area contributed by atoms with Crippen LogP contribution >= 0.6 is 0 Å². The zero-order valence-electron chi connectivity index (χ0n) is 9.67. The van der Waals surface area contributed by atoms with Crippen molar-refractivity contribution in [2.45, 2.75) is 44.7 Å². The van der Waals surface area contributed by atoms with Gasteiger partial charge in [0.05, 0.1) is 5.69 Å². The van der Waals surface area contributed by atoms with Gasteiger partial charge in [0.15, 0.2) is 0 Å². The van der Waals surface area contributed by atoms with Gasteiger partial charge in [-0.1, -0.05) is 18.9 Å². The first-order valence-electron chi connectivity index (χ1n) is 5.95. The number of halogens is 1. The lowest BCUT2D eigenvalue weighted by Gasteiger charge is -2.30. The van der Waals surface area contributed by atoms with Gasteiger partial charge in [-0.2, -0.15) is 0 Å². The molecule has 1 aliphatic rings. The summed E-state index contributed by atoms with van der Waals surface area (Å²) in [6.45, 7) is 1.89. The largest absolute Gasteiger partial charge is 0.378 e. The third-order valence-electron chi connectivity index (χ3n) is 3.28. The van der Waals surface area contributed by atoms with Crippen molar-refractivity contribution in [1.29, 1.82) is 0 Å². The standard InChI is InChI=1S/C13H19FN2/c1-9-6-7-12(10(14)8-9)16-13-5-3-2-4-11(13)15/h6-8,11,13,16H,2-5,15H2,1H3/t11-,13+/m1/s1. The molecule has 0 bridgehead atoms. The Labute approximate surface area is 96.0 Å². The van der Waals surface area contributed by atoms with Gasteiger partial charge < -0.3 is 11.1 Å². The maximum absolute atomic E-state index is 13.6. The van der Waals surface area contributed by atoms with Crippen LogP contribution in [-0.2, 0) is 0 Å². The van der Waals surface area contributed by atoms with Crippen LogP contribution in [0.2, 0.25) is 0 Å². The molecule has 0 amide bonds. The van der Waals surface area contributed by atoms with E-state index in [0.29, 0.717) is 5.69 Å². The van der Waals surface area contributed by atoms with Crippen molar-refractivity contribution >= 4 is 5.69 Å². The summed E-state index contributed by atoms with van der Waals surface area (Å²) in [5.74, 6) is -0.183. The summed E-state index contributed by atoms with van der Waals surface area (Å²) in [6.07, 6.45) is 4.44. The lowest BCUT2D eigenvalue weighted by molar-refractivity contribution is 0.403. The number of rotatable bonds is 2. The third kappa shape index (κ3) is 2.53. The first-order chi connectivity index (χ1) is 7.66. The SMILES string of the molecule is Cc1ccc(N[C@H]2CCCC[C@H]2N)c(F)c1. The molecule has 0 spiro atoms. The van der Waals surface area contributed by atoms with E-state index in [1.165, 1.54) is 12.8 Å². The highest BCUT2D eigenvalue weighted by molar-refractivity contribution is 5.47. The topological polar surface area (TPSA) is 38.0 Å². The van der Waals surface area contributed by atoms with Gasteiger partial charge in [0, 0.05) is 12.1 Å². The summed E-state index contributed by atoms with van der Waals surface area (Å²) < 4.78 is 13.6. The van der Waals surface area contributed by atoms with E-state index >= 15 is 0 Å². The Kier molecular flexibility index (Phi) is 3.44. The normalized spacial score (nSPS) is 25.4. The van der Waals surface area contributed by atoms with E-state index in [1.807, 2.05) is 13.0 Å². The van der Waals surface area contributed by atoms with E-state index in [4.69, 9.17) is 5.73 Å². The summed E-state index contributed by atoms with van der Waals surface area (Å²) in [5, 5.41) is 3.23. The predicted octanol–water partition coefficient (Wildman–Crippen LogP) is 2.82. The first-order valence-corrected chi connectivity index (χ1v) is 5.95. The molecule has 2 atom stereocenters. The zero-order valence-corrected chi connectivity index (χ0v) is 9.67. The molecule has 1 fully saturated rings. The van der Waals surface area contributed by atoms with Crippen LogP contribution < -0.4 is 11.1 Å². The van der Waals surface area contributed by atoms with Crippen LogP contribution in [0.15, 0.2) is 18.2 Å². The van der Waals surface area contributed by atoms with E-state index < -0.39 is 0 Å². The van der Waals surface area contributed by atoms with Crippen LogP contribution in [0.1, 0.15) is 31.2 Å². The Bertz CT molecular complexity index is 365. The van der Waals surface area contributed by atoms with Crippen molar-refractivity contribution in [1.82, 2.24) is 0 Å². The second-order valence-corrected chi connectivity index (χ2v) is 4.68. The number of benzene rings is 1. The third-order valence-corrected chi connectivity index (χ3v) is 3.28. The van der Waals surface area contributed by atoms with Crippen LogP contribution in [-0.4, -0.2) is 12.1 Å². The average Bonchev–Trinajstić information content (AvgIpc) is 2.25. The molecule has 88 valence electrons. The highest BCUT2D eigenvalue weighted by Gasteiger charge is 2.22. The minimum absolute atomic E-state index is 0.148. The molecule has 16 heavy (non-hydrogen) atoms. The Morgan fingerprint density at radius 3 is 2.75 bits per heavy atom. The molecule has 0 aliphatic heterocycles. The lowest BCUT2D eigenvalue weighted by atomic mass is 9.91. The molecule has 1 aliphatic carbocycles. The molecule has 0 heterocycles. The molecular formula is C13H19FN2. The minimum Gasteiger partial charge on any atom is -0.378 e. The second kappa shape index (κ2) is 4.83. The van der Waals surface area contributed by atoms with Gasteiger partial charge in [-0.3, -0.25) is 0 Å². The van der Waals surface area contributed by atoms with E-state index in [9.17, 15) is 4.39 Å². The van der Waals surface area contributed by atoms with Crippen LogP contribution in [0.5, 0.6) is 0 Å². The molecule has 0 saturated heterocycles. The number of anilines is 1. The molecule has 2 rings (SSSR count). The number of nitrogens with one attached hydrogen (secondary N) is 1. The Hall–Kier alpha value is -1.09. The van der Waals surface area contributed by atoms with E-state index in [0.717, 1.165) is 18.4 Å². The second-order valence-electron chi connectivity index (χ2n) is 4.68. The van der Waals surface area contributed by atoms with Gasteiger partial charge in [-0.15, -0.1) is 0 Å². The Morgan fingerprint density at radius 2 is 2.06 bits per heavy atom. The van der Waals surface area contributed by atoms with Crippen LogP contribution in [0, 0.1) is 12.7 Å². The molecule has 0 aromatic heterocycles. The quantitative estimate of drug-likeness (QED) is 0.807. The highest BCUT2D eigenvalue weighted by atomic mass is 19.1. The Balaban J connectivity index is 2.07. The molecule has 3 N–H and O–H groups in total. The zero-order chi connectivity index (χ0) is 11.5. The van der Waals surface area contributed by atoms with Crippen molar-refractivity contribution in [2.75, 3.05) is 5.32 Å². The van der Waals surface area contributed by atoms with Crippen molar-refractivity contribution in [3.63, 3.8) is 0 Å². The highest BCUT2D eigenvalue weighted by Crippen LogP contribution is 2.23. The average molecular weight is 222 g/mol. The minimum atomic E-state index is -0.183. The summed E-state index contributed by atoms with van der Waals surface area (Å²) >= 11 is 0. The smallest absolute Gasteiger partial charge is 0.146 e. The van der Waals surface area contributed by atoms with Gasteiger partial charge in [0.25, 0.3) is 0 Å². The fraction of sp³-hybridized carbons (Fsp3) is 0.538. The van der Waals surface area contributed by atoms with E-state index in [2.05, 4.69) is 5.32 Å². The molecule has 3 heteroatoms. The van der Waals surface area contributed by atoms with Crippen molar-refractivity contribution in [3.05, 3.63) is 29.6 Å². The molecule has 0 radical (unpaired) electrons. The number of hydrogen-bond donors (Lipinski definition) is 2. The summed E-state index contributed by atoms with van der Waals surface area (Å²) in [6, 6.07) is 5.63. The maximum Gasteiger partial charge on any atom is 0.146 e. The van der Waals surface area contributed by atoms with Gasteiger partial charge in [0.2, 0.25) is 0 Å². The predicted molar refractivity (Wildman–Crippen MR) is 65.0 cm³/mol. The van der Waals surface area contributed by atoms with Crippen LogP contribution in [0.25, 0.3) is 0 Å². The molecule has 0 unspecified atom stereocenters. The molecular weight excluding hydrogens is 203 g/mol. The van der Waals surface area contributed by atoms with Gasteiger partial charge in [-0.05, 0) is 37.5 Å². The summed E-state index contributed by atoms with van der Waals surface area (Å²) in [5.41, 5.74) is 7.54. The molecule has 1 saturated carbocycles. The molecule has 1 aromatic carbocycles. The number of hydrogen-bond acceptors (Lipinski definition) is 2. The maximum atomic E-state index is 13.6. The van der Waals surface area contributed by atoms with Crippen LogP contribution in [0.4, 0.5) is 10.1 Å². The van der Waals surface area contributed by atoms with Crippen molar-refractivity contribution < 1.29 is 4.39 Å². The lowest BCUT2D eigenvalue weighted by Crippen LogP contribution is -2.42. The molecule has 2 nitrogen and oxygen atoms in total. The fourth-order valence-electron chi connectivity index (χ4n) is 2.28. The molecule has 1 aromatic rings. The van der Waals surface area contributed by atoms with E-state index in [-0.39, 0.29) is 17.9 Å². The monoisotopic (exact) mass is 222 g/mol. The van der Waals surface area contributed by atoms with Gasteiger partial charge in [-0.25, -0.2) is 4.39 Å². The van der Waals surface area contributed by atoms with Gasteiger partial charge in [0.1, 0.15) is 5.82 Å². The van der Waals surface area contributed by atoms with Crippen LogP contribution in [0.3, 0.4) is 0 Å². The van der Waals surface area contributed by atoms with Crippen molar-refractivity contribution in [3.8, 4) is 0 Å². The van der Waals surface area contributed by atoms with E-state index in [1.54, 1.807) is 12.1 Å². The number of nitrogens with two attached hydrogens (primary N) is 1. The number of aryl methyl sites for hydroxylation is 1. The summed E-state index contributed by atoms with van der Waals surface area (Å²) in [4.78, 5) is 0. The first kappa shape index (κ1) is 11.4. The van der Waals surface area contributed by atoms with Gasteiger partial charge >= 0.3 is 0 Å². The fourth-order valence-corrected chi connectivity index (χ4v) is 2.28.